The van der Waals surface area contributed by atoms with Crippen molar-refractivity contribution < 1.29 is 28.7 Å². The normalized spacial score (nSPS) is 38.9. The lowest BCUT2D eigenvalue weighted by atomic mass is 9.50. The van der Waals surface area contributed by atoms with Crippen LogP contribution < -0.4 is 0 Å². The van der Waals surface area contributed by atoms with E-state index in [1.165, 1.54) is 14.2 Å². The summed E-state index contributed by atoms with van der Waals surface area (Å²) in [5.74, 6) is -3.56. The number of esters is 2. The lowest BCUT2D eigenvalue weighted by molar-refractivity contribution is -0.171. The quantitative estimate of drug-likeness (QED) is 0.556. The van der Waals surface area contributed by atoms with Crippen molar-refractivity contribution in [1.29, 1.82) is 0 Å². The Hall–Kier alpha value is -1.72. The van der Waals surface area contributed by atoms with E-state index in [-0.39, 0.29) is 24.4 Å². The Kier molecular flexibility index (Phi) is 3.68. The fourth-order valence-corrected chi connectivity index (χ4v) is 3.97. The first-order valence-electron chi connectivity index (χ1n) is 6.93. The maximum absolute atomic E-state index is 12.6. The number of fused-ring (bicyclic) bond motifs is 2. The van der Waals surface area contributed by atoms with Crippen LogP contribution in [0.25, 0.3) is 0 Å². The maximum atomic E-state index is 12.6. The van der Waals surface area contributed by atoms with Crippen LogP contribution in [0, 0.1) is 22.7 Å². The molecular weight excluding hydrogens is 276 g/mol. The Bertz CT molecular complexity index is 478. The minimum absolute atomic E-state index is 0.0976. The van der Waals surface area contributed by atoms with Gasteiger partial charge in [0.1, 0.15) is 11.8 Å². The highest BCUT2D eigenvalue weighted by atomic mass is 16.5. The van der Waals surface area contributed by atoms with Gasteiger partial charge in [0.05, 0.1) is 14.2 Å². The second-order valence-corrected chi connectivity index (χ2v) is 6.59. The van der Waals surface area contributed by atoms with E-state index in [1.807, 2.05) is 0 Å². The highest BCUT2D eigenvalue weighted by molar-refractivity contribution is 6.09. The number of ether oxygens (including phenoxy) is 2. The summed E-state index contributed by atoms with van der Waals surface area (Å²) in [6.45, 7) is 3.43. The number of carbonyl (C=O) groups is 4. The topological polar surface area (TPSA) is 86.7 Å². The van der Waals surface area contributed by atoms with E-state index in [2.05, 4.69) is 9.47 Å². The largest absolute Gasteiger partial charge is 0.468 e. The van der Waals surface area contributed by atoms with E-state index in [4.69, 9.17) is 0 Å². The summed E-state index contributed by atoms with van der Waals surface area (Å²) in [5, 5.41) is 0. The molecule has 2 aliphatic rings. The van der Waals surface area contributed by atoms with Gasteiger partial charge in [0.2, 0.25) is 0 Å². The molecule has 0 unspecified atom stereocenters. The highest BCUT2D eigenvalue weighted by Crippen LogP contribution is 2.55. The third-order valence-corrected chi connectivity index (χ3v) is 4.88. The monoisotopic (exact) mass is 296 g/mol. The molecule has 6 heteroatoms. The molecule has 0 radical (unpaired) electrons. The minimum atomic E-state index is -0.929. The summed E-state index contributed by atoms with van der Waals surface area (Å²) in [4.78, 5) is 48.8. The van der Waals surface area contributed by atoms with Crippen molar-refractivity contribution in [3.8, 4) is 0 Å². The number of hydrogen-bond acceptors (Lipinski definition) is 6. The molecule has 2 bridgehead atoms. The molecule has 6 nitrogen and oxygen atoms in total. The summed E-state index contributed by atoms with van der Waals surface area (Å²) < 4.78 is 9.37. The van der Waals surface area contributed by atoms with Crippen LogP contribution in [0.15, 0.2) is 0 Å². The molecule has 2 rings (SSSR count). The van der Waals surface area contributed by atoms with E-state index in [9.17, 15) is 19.2 Å². The van der Waals surface area contributed by atoms with Crippen LogP contribution in [0.5, 0.6) is 0 Å². The first-order valence-corrected chi connectivity index (χ1v) is 6.93. The molecule has 0 saturated heterocycles. The van der Waals surface area contributed by atoms with E-state index in [0.717, 1.165) is 0 Å². The fourth-order valence-electron chi connectivity index (χ4n) is 3.97. The van der Waals surface area contributed by atoms with E-state index in [0.29, 0.717) is 6.42 Å². The standard InChI is InChI=1S/C15H20O6/c1-14-5-8(12(18)20-3)11(17)15(2,7-14)6-9(10(14)16)13(19)21-4/h8-9H,5-7H2,1-4H3/t8-,9+,14-,15-/m1/s1. The third kappa shape index (κ3) is 2.26. The van der Waals surface area contributed by atoms with Crippen LogP contribution in [0.2, 0.25) is 0 Å². The number of rotatable bonds is 2. The first-order chi connectivity index (χ1) is 9.68. The minimum Gasteiger partial charge on any atom is -0.468 e. The molecule has 21 heavy (non-hydrogen) atoms. The van der Waals surface area contributed by atoms with Crippen LogP contribution >= 0.6 is 0 Å². The zero-order valence-electron chi connectivity index (χ0n) is 12.7. The molecule has 0 spiro atoms. The van der Waals surface area contributed by atoms with Gasteiger partial charge < -0.3 is 9.47 Å². The van der Waals surface area contributed by atoms with Crippen LogP contribution in [0.3, 0.4) is 0 Å². The second kappa shape index (κ2) is 4.93. The summed E-state index contributed by atoms with van der Waals surface area (Å²) in [6, 6.07) is 0. The van der Waals surface area contributed by atoms with Crippen LogP contribution in [0.1, 0.15) is 33.1 Å². The number of Topliss-reactive ketones (excluding diaryl/α,β-unsaturated/α-hetero) is 2. The summed E-state index contributed by atoms with van der Waals surface area (Å²) in [7, 11) is 2.45. The Morgan fingerprint density at radius 3 is 1.52 bits per heavy atom. The molecule has 2 fully saturated rings. The van der Waals surface area contributed by atoms with Gasteiger partial charge in [-0.25, -0.2) is 0 Å². The number of carbonyl (C=O) groups excluding carboxylic acids is 4. The molecule has 0 aromatic heterocycles. The third-order valence-electron chi connectivity index (χ3n) is 4.88. The van der Waals surface area contributed by atoms with Crippen LogP contribution in [0.4, 0.5) is 0 Å². The molecule has 0 aromatic rings. The lowest BCUT2D eigenvalue weighted by Crippen LogP contribution is -2.58. The zero-order valence-corrected chi connectivity index (χ0v) is 12.7. The summed E-state index contributed by atoms with van der Waals surface area (Å²) in [5.41, 5.74) is -1.75. The van der Waals surface area contributed by atoms with E-state index in [1.54, 1.807) is 13.8 Å². The lowest BCUT2D eigenvalue weighted by Gasteiger charge is -2.50. The summed E-state index contributed by atoms with van der Waals surface area (Å²) in [6.07, 6.45) is 0.555. The van der Waals surface area contributed by atoms with Crippen molar-refractivity contribution in [2.24, 2.45) is 22.7 Å². The van der Waals surface area contributed by atoms with Crippen molar-refractivity contribution in [3.63, 3.8) is 0 Å². The maximum Gasteiger partial charge on any atom is 0.316 e. The van der Waals surface area contributed by atoms with Gasteiger partial charge >= 0.3 is 11.9 Å². The number of ketones is 2. The Balaban J connectivity index is 2.43. The zero-order chi connectivity index (χ0) is 16.0. The van der Waals surface area contributed by atoms with Crippen molar-refractivity contribution in [3.05, 3.63) is 0 Å². The van der Waals surface area contributed by atoms with Gasteiger partial charge in [-0.2, -0.15) is 0 Å². The van der Waals surface area contributed by atoms with Gasteiger partial charge in [0, 0.05) is 10.8 Å². The van der Waals surface area contributed by atoms with Gasteiger partial charge in [-0.05, 0) is 19.3 Å². The van der Waals surface area contributed by atoms with Crippen molar-refractivity contribution in [1.82, 2.24) is 0 Å². The summed E-state index contributed by atoms with van der Waals surface area (Å²) >= 11 is 0. The average Bonchev–Trinajstić information content (AvgIpc) is 2.45. The molecule has 0 heterocycles. The Labute approximate surface area is 123 Å². The molecule has 116 valence electrons. The van der Waals surface area contributed by atoms with E-state index < -0.39 is 34.6 Å². The van der Waals surface area contributed by atoms with Crippen molar-refractivity contribution >= 4 is 23.5 Å². The highest BCUT2D eigenvalue weighted by Gasteiger charge is 2.61. The predicted octanol–water partition coefficient (Wildman–Crippen LogP) is 0.913. The molecule has 2 saturated carbocycles. The van der Waals surface area contributed by atoms with Gasteiger partial charge in [-0.15, -0.1) is 0 Å². The molecule has 4 atom stereocenters. The fraction of sp³-hybridized carbons (Fsp3) is 0.733. The van der Waals surface area contributed by atoms with Gasteiger partial charge in [-0.3, -0.25) is 19.2 Å². The first kappa shape index (κ1) is 15.7. The molecule has 2 aliphatic carbocycles. The molecule has 0 amide bonds. The predicted molar refractivity (Wildman–Crippen MR) is 71.1 cm³/mol. The molecule has 0 N–H and O–H groups in total. The van der Waals surface area contributed by atoms with E-state index >= 15 is 0 Å². The molecular formula is C15H20O6. The average molecular weight is 296 g/mol. The van der Waals surface area contributed by atoms with Crippen molar-refractivity contribution in [2.45, 2.75) is 33.1 Å². The van der Waals surface area contributed by atoms with Crippen molar-refractivity contribution in [2.75, 3.05) is 14.2 Å². The molecule has 0 aliphatic heterocycles. The SMILES string of the molecule is COC(=O)[C@H]1C[C@]2(C)C[C@@](C)(C[C@@H](C(=O)OC)C2=O)C1=O. The van der Waals surface area contributed by atoms with Gasteiger partial charge in [0.25, 0.3) is 0 Å². The second-order valence-electron chi connectivity index (χ2n) is 6.59. The van der Waals surface area contributed by atoms with Crippen LogP contribution in [-0.2, 0) is 28.7 Å². The Morgan fingerprint density at radius 2 is 1.24 bits per heavy atom. The number of methoxy groups -OCH3 is 2. The van der Waals surface area contributed by atoms with Gasteiger partial charge in [-0.1, -0.05) is 13.8 Å². The Morgan fingerprint density at radius 1 is 0.905 bits per heavy atom. The van der Waals surface area contributed by atoms with Gasteiger partial charge in [0.15, 0.2) is 11.6 Å². The number of hydrogen-bond donors (Lipinski definition) is 0. The van der Waals surface area contributed by atoms with Crippen LogP contribution in [-0.4, -0.2) is 37.7 Å². The molecule has 0 aromatic carbocycles. The smallest absolute Gasteiger partial charge is 0.316 e.